The summed E-state index contributed by atoms with van der Waals surface area (Å²) in [5.74, 6) is -2.46. The highest BCUT2D eigenvalue weighted by Crippen LogP contribution is 2.52. The minimum Gasteiger partial charge on any atom is -0.458 e. The molecule has 2 N–H and O–H groups in total. The molecule has 0 aromatic carbocycles. The van der Waals surface area contributed by atoms with E-state index in [0.29, 0.717) is 5.57 Å². The van der Waals surface area contributed by atoms with Gasteiger partial charge in [0.25, 0.3) is 0 Å². The van der Waals surface area contributed by atoms with Crippen LogP contribution in [0.4, 0.5) is 0 Å². The number of esters is 2. The molecule has 6 heteroatoms. The van der Waals surface area contributed by atoms with Crippen molar-refractivity contribution >= 4 is 11.9 Å². The van der Waals surface area contributed by atoms with Crippen LogP contribution in [0, 0.1) is 17.8 Å². The third-order valence-electron chi connectivity index (χ3n) is 6.08. The molecule has 7 unspecified atom stereocenters. The number of carbonyl (C=O) groups excluding carboxylic acids is 2. The fourth-order valence-electron chi connectivity index (χ4n) is 4.67. The normalized spacial score (nSPS) is 42.5. The Morgan fingerprint density at radius 1 is 1.46 bits per heavy atom. The Morgan fingerprint density at radius 2 is 2.12 bits per heavy atom. The Hall–Kier alpha value is -1.92. The number of rotatable bonds is 2. The number of aliphatic hydroxyl groups is 2. The molecule has 0 spiro atoms. The van der Waals surface area contributed by atoms with Crippen molar-refractivity contribution in [3.05, 3.63) is 35.5 Å². The molecule has 3 rings (SSSR count). The lowest BCUT2D eigenvalue weighted by molar-refractivity contribution is -0.150. The van der Waals surface area contributed by atoms with Crippen molar-refractivity contribution in [2.75, 3.05) is 0 Å². The third-order valence-corrected chi connectivity index (χ3v) is 6.08. The summed E-state index contributed by atoms with van der Waals surface area (Å²) in [7, 11) is 0. The van der Waals surface area contributed by atoms with Crippen molar-refractivity contribution in [3.8, 4) is 0 Å². The maximum absolute atomic E-state index is 12.3. The number of aliphatic hydroxyl groups excluding tert-OH is 1. The molecule has 1 saturated heterocycles. The highest BCUT2D eigenvalue weighted by Gasteiger charge is 2.60. The molecule has 0 radical (unpaired) electrons. The summed E-state index contributed by atoms with van der Waals surface area (Å²) >= 11 is 0. The van der Waals surface area contributed by atoms with E-state index in [1.807, 2.05) is 6.92 Å². The molecular formula is C20H26O6. The quantitative estimate of drug-likeness (QED) is 0.441. The van der Waals surface area contributed by atoms with E-state index >= 15 is 0 Å². The molecule has 1 heterocycles. The number of fused-ring (bicyclic) bond motifs is 3. The molecule has 1 aliphatic heterocycles. The largest absolute Gasteiger partial charge is 0.458 e. The fourth-order valence-corrected chi connectivity index (χ4v) is 4.67. The SMILES string of the molecule is C=C1C(=O)OC2C1C(OC(=O)C(C)=CC)CC(C)(O)C1C(O)C=C(C)C21. The van der Waals surface area contributed by atoms with Gasteiger partial charge in [-0.3, -0.25) is 0 Å². The van der Waals surface area contributed by atoms with E-state index in [4.69, 9.17) is 9.47 Å². The van der Waals surface area contributed by atoms with Crippen molar-refractivity contribution < 1.29 is 29.3 Å². The summed E-state index contributed by atoms with van der Waals surface area (Å²) in [6, 6.07) is 0. The van der Waals surface area contributed by atoms with E-state index < -0.39 is 47.7 Å². The van der Waals surface area contributed by atoms with E-state index in [9.17, 15) is 19.8 Å². The number of allylic oxidation sites excluding steroid dienone is 1. The second-order valence-electron chi connectivity index (χ2n) is 7.85. The van der Waals surface area contributed by atoms with Gasteiger partial charge in [-0.15, -0.1) is 0 Å². The van der Waals surface area contributed by atoms with Gasteiger partial charge in [-0.1, -0.05) is 24.3 Å². The van der Waals surface area contributed by atoms with Crippen LogP contribution in [0.1, 0.15) is 34.1 Å². The molecule has 3 aliphatic rings. The molecule has 2 aliphatic carbocycles. The van der Waals surface area contributed by atoms with Gasteiger partial charge in [0.2, 0.25) is 0 Å². The first-order chi connectivity index (χ1) is 12.1. The highest BCUT2D eigenvalue weighted by molar-refractivity contribution is 5.91. The molecule has 26 heavy (non-hydrogen) atoms. The molecule has 2 fully saturated rings. The molecule has 0 aromatic heterocycles. The minimum absolute atomic E-state index is 0.0892. The Kier molecular flexibility index (Phi) is 4.61. The first kappa shape index (κ1) is 18.9. The Bertz CT molecular complexity index is 716. The Labute approximate surface area is 153 Å². The average molecular weight is 362 g/mol. The van der Waals surface area contributed by atoms with Gasteiger partial charge >= 0.3 is 11.9 Å². The number of carbonyl (C=O) groups is 2. The van der Waals surface area contributed by atoms with Crippen molar-refractivity contribution in [2.24, 2.45) is 17.8 Å². The molecule has 142 valence electrons. The lowest BCUT2D eigenvalue weighted by atomic mass is 9.75. The van der Waals surface area contributed by atoms with Crippen LogP contribution in [0.15, 0.2) is 35.5 Å². The van der Waals surface area contributed by atoms with Gasteiger partial charge in [0, 0.05) is 29.4 Å². The first-order valence-corrected chi connectivity index (χ1v) is 8.91. The van der Waals surface area contributed by atoms with Crippen LogP contribution in [0.3, 0.4) is 0 Å². The van der Waals surface area contributed by atoms with Crippen molar-refractivity contribution in [3.63, 3.8) is 0 Å². The lowest BCUT2D eigenvalue weighted by Crippen LogP contribution is -2.45. The van der Waals surface area contributed by atoms with Crippen LogP contribution in [0.25, 0.3) is 0 Å². The lowest BCUT2D eigenvalue weighted by Gasteiger charge is -2.36. The molecule has 0 amide bonds. The van der Waals surface area contributed by atoms with Gasteiger partial charge in [0.15, 0.2) is 0 Å². The highest BCUT2D eigenvalue weighted by atomic mass is 16.6. The summed E-state index contributed by atoms with van der Waals surface area (Å²) in [6.07, 6.45) is 1.20. The van der Waals surface area contributed by atoms with Crippen molar-refractivity contribution in [1.82, 2.24) is 0 Å². The van der Waals surface area contributed by atoms with Crippen LogP contribution in [0.2, 0.25) is 0 Å². The van der Waals surface area contributed by atoms with E-state index in [0.717, 1.165) is 5.57 Å². The van der Waals surface area contributed by atoms with E-state index in [1.165, 1.54) is 0 Å². The second-order valence-corrected chi connectivity index (χ2v) is 7.85. The number of hydrogen-bond donors (Lipinski definition) is 2. The molecule has 6 nitrogen and oxygen atoms in total. The van der Waals surface area contributed by atoms with Crippen molar-refractivity contribution in [1.29, 1.82) is 0 Å². The summed E-state index contributed by atoms with van der Waals surface area (Å²) in [5.41, 5.74) is 0.246. The van der Waals surface area contributed by atoms with Gasteiger partial charge < -0.3 is 19.7 Å². The summed E-state index contributed by atoms with van der Waals surface area (Å²) < 4.78 is 11.2. The standard InChI is InChI=1S/C20H26O6/c1-6-9(2)18(22)25-13-8-20(5,24)16-12(21)7-10(3)14(16)17-15(13)11(4)19(23)26-17/h6-7,12-17,21,24H,4,8H2,1-3,5H3. The fraction of sp³-hybridized carbons (Fsp3) is 0.600. The maximum Gasteiger partial charge on any atom is 0.334 e. The third kappa shape index (κ3) is 2.81. The number of ether oxygens (including phenoxy) is 2. The van der Waals surface area contributed by atoms with Crippen LogP contribution in [0.5, 0.6) is 0 Å². The molecule has 1 saturated carbocycles. The monoisotopic (exact) mass is 362 g/mol. The van der Waals surface area contributed by atoms with Crippen LogP contribution in [-0.2, 0) is 19.1 Å². The molecule has 7 atom stereocenters. The molecular weight excluding hydrogens is 336 g/mol. The molecule has 0 bridgehead atoms. The Morgan fingerprint density at radius 3 is 2.73 bits per heavy atom. The first-order valence-electron chi connectivity index (χ1n) is 8.91. The molecule has 0 aromatic rings. The zero-order chi connectivity index (χ0) is 19.4. The zero-order valence-corrected chi connectivity index (χ0v) is 15.6. The summed E-state index contributed by atoms with van der Waals surface area (Å²) in [6.45, 7) is 10.7. The maximum atomic E-state index is 12.3. The Balaban J connectivity index is 2.04. The van der Waals surface area contributed by atoms with Gasteiger partial charge in [-0.05, 0) is 27.7 Å². The summed E-state index contributed by atoms with van der Waals surface area (Å²) in [5, 5.41) is 21.6. The van der Waals surface area contributed by atoms with Gasteiger partial charge in [0.1, 0.15) is 12.2 Å². The predicted molar refractivity (Wildman–Crippen MR) is 93.8 cm³/mol. The summed E-state index contributed by atoms with van der Waals surface area (Å²) in [4.78, 5) is 24.5. The minimum atomic E-state index is -1.30. The van der Waals surface area contributed by atoms with E-state index in [2.05, 4.69) is 6.58 Å². The van der Waals surface area contributed by atoms with Gasteiger partial charge in [0.05, 0.1) is 17.6 Å². The van der Waals surface area contributed by atoms with E-state index in [1.54, 1.807) is 32.9 Å². The average Bonchev–Trinajstić information content (AvgIpc) is 2.98. The topological polar surface area (TPSA) is 93.1 Å². The van der Waals surface area contributed by atoms with Crippen molar-refractivity contribution in [2.45, 2.75) is 58.0 Å². The predicted octanol–water partition coefficient (Wildman–Crippen LogP) is 1.67. The zero-order valence-electron chi connectivity index (χ0n) is 15.6. The van der Waals surface area contributed by atoms with Crippen LogP contribution < -0.4 is 0 Å². The van der Waals surface area contributed by atoms with Crippen LogP contribution >= 0.6 is 0 Å². The van der Waals surface area contributed by atoms with Crippen LogP contribution in [-0.4, -0.2) is 46.1 Å². The van der Waals surface area contributed by atoms with Gasteiger partial charge in [-0.2, -0.15) is 0 Å². The van der Waals surface area contributed by atoms with E-state index in [-0.39, 0.29) is 17.9 Å². The second kappa shape index (κ2) is 6.35. The number of hydrogen-bond acceptors (Lipinski definition) is 6. The smallest absolute Gasteiger partial charge is 0.334 e. The van der Waals surface area contributed by atoms with Gasteiger partial charge in [-0.25, -0.2) is 9.59 Å².